The largest absolute Gasteiger partial charge is 0.480 e. The third kappa shape index (κ3) is 4.58. The Balaban J connectivity index is 1.72. The molecule has 0 aromatic carbocycles. The molecule has 1 fully saturated rings. The number of hydrogen-bond donors (Lipinski definition) is 2. The molecule has 0 saturated heterocycles. The zero-order valence-electron chi connectivity index (χ0n) is 11.1. The number of ether oxygens (including phenoxy) is 1. The van der Waals surface area contributed by atoms with Gasteiger partial charge in [0.2, 0.25) is 0 Å². The van der Waals surface area contributed by atoms with Gasteiger partial charge in [-0.2, -0.15) is 0 Å². The number of carboxylic acids is 1. The van der Waals surface area contributed by atoms with Crippen molar-refractivity contribution in [1.82, 2.24) is 10.2 Å². The summed E-state index contributed by atoms with van der Waals surface area (Å²) in [5, 5.41) is 11.1. The molecular formula is C13H18N2O5. The highest BCUT2D eigenvalue weighted by Crippen LogP contribution is 2.28. The summed E-state index contributed by atoms with van der Waals surface area (Å²) < 4.78 is 10.1. The van der Waals surface area contributed by atoms with Crippen LogP contribution in [0.15, 0.2) is 22.8 Å². The molecule has 20 heavy (non-hydrogen) atoms. The monoisotopic (exact) mass is 282 g/mol. The minimum absolute atomic E-state index is 0.178. The molecule has 2 rings (SSSR count). The van der Waals surface area contributed by atoms with E-state index < -0.39 is 5.97 Å². The highest BCUT2D eigenvalue weighted by molar-refractivity contribution is 5.74. The molecule has 0 radical (unpaired) electrons. The molecule has 0 atom stereocenters. The van der Waals surface area contributed by atoms with Gasteiger partial charge in [0, 0.05) is 12.6 Å². The summed E-state index contributed by atoms with van der Waals surface area (Å²) >= 11 is 0. The van der Waals surface area contributed by atoms with Crippen LogP contribution in [0.25, 0.3) is 0 Å². The maximum absolute atomic E-state index is 12.0. The Kier molecular flexibility index (Phi) is 5.00. The fourth-order valence-electron chi connectivity index (χ4n) is 1.81. The van der Waals surface area contributed by atoms with Gasteiger partial charge >= 0.3 is 12.0 Å². The van der Waals surface area contributed by atoms with Crippen molar-refractivity contribution < 1.29 is 23.8 Å². The minimum Gasteiger partial charge on any atom is -0.480 e. The van der Waals surface area contributed by atoms with E-state index in [4.69, 9.17) is 14.3 Å². The van der Waals surface area contributed by atoms with Gasteiger partial charge in [-0.1, -0.05) is 0 Å². The number of aliphatic carboxylic acids is 1. The van der Waals surface area contributed by atoms with Gasteiger partial charge in [-0.15, -0.1) is 0 Å². The maximum atomic E-state index is 12.0. The van der Waals surface area contributed by atoms with E-state index in [1.54, 1.807) is 17.2 Å². The lowest BCUT2D eigenvalue weighted by molar-refractivity contribution is -0.142. The first-order valence-electron chi connectivity index (χ1n) is 6.53. The Morgan fingerprint density at radius 3 is 2.90 bits per heavy atom. The first-order valence-corrected chi connectivity index (χ1v) is 6.53. The van der Waals surface area contributed by atoms with Crippen LogP contribution in [0.5, 0.6) is 0 Å². The topological polar surface area (TPSA) is 92.0 Å². The van der Waals surface area contributed by atoms with Gasteiger partial charge in [0.1, 0.15) is 12.4 Å². The molecule has 110 valence electrons. The lowest BCUT2D eigenvalue weighted by Crippen LogP contribution is -2.42. The van der Waals surface area contributed by atoms with Crippen LogP contribution in [0.4, 0.5) is 4.79 Å². The Labute approximate surface area is 116 Å². The van der Waals surface area contributed by atoms with Crippen LogP contribution in [0.1, 0.15) is 18.6 Å². The Morgan fingerprint density at radius 1 is 1.50 bits per heavy atom. The van der Waals surface area contributed by atoms with Crippen molar-refractivity contribution in [2.45, 2.75) is 25.4 Å². The van der Waals surface area contributed by atoms with Crippen LogP contribution in [0.2, 0.25) is 0 Å². The van der Waals surface area contributed by atoms with E-state index in [0.29, 0.717) is 6.54 Å². The van der Waals surface area contributed by atoms with E-state index in [1.807, 2.05) is 6.07 Å². The second-order valence-electron chi connectivity index (χ2n) is 4.62. The van der Waals surface area contributed by atoms with Gasteiger partial charge in [0.25, 0.3) is 0 Å². The van der Waals surface area contributed by atoms with Crippen LogP contribution in [-0.4, -0.2) is 47.8 Å². The van der Waals surface area contributed by atoms with Gasteiger partial charge < -0.3 is 24.5 Å². The molecule has 2 N–H and O–H groups in total. The first kappa shape index (κ1) is 14.4. The molecule has 0 bridgehead atoms. The summed E-state index contributed by atoms with van der Waals surface area (Å²) in [6, 6.07) is 3.71. The van der Waals surface area contributed by atoms with E-state index in [1.165, 1.54) is 0 Å². The van der Waals surface area contributed by atoms with Gasteiger partial charge in [0.05, 0.1) is 19.4 Å². The number of furan rings is 1. The Bertz CT molecular complexity index is 442. The summed E-state index contributed by atoms with van der Waals surface area (Å²) in [5.74, 6) is -0.275. The molecule has 7 heteroatoms. The standard InChI is InChI=1S/C13H18N2O5/c16-12(17)9-19-7-5-14-13(18)15(10-3-4-10)8-11-2-1-6-20-11/h1-2,6,10H,3-5,7-9H2,(H,14,18)(H,16,17). The van der Waals surface area contributed by atoms with Gasteiger partial charge in [0.15, 0.2) is 0 Å². The minimum atomic E-state index is -1.02. The zero-order valence-corrected chi connectivity index (χ0v) is 11.1. The molecule has 1 aromatic heterocycles. The number of amides is 2. The van der Waals surface area contributed by atoms with Crippen molar-refractivity contribution >= 4 is 12.0 Å². The number of nitrogens with one attached hydrogen (secondary N) is 1. The molecular weight excluding hydrogens is 264 g/mol. The number of hydrogen-bond acceptors (Lipinski definition) is 4. The number of carbonyl (C=O) groups is 2. The third-order valence-electron chi connectivity index (χ3n) is 2.90. The van der Waals surface area contributed by atoms with Crippen molar-refractivity contribution in [1.29, 1.82) is 0 Å². The predicted octanol–water partition coefficient (Wildman–Crippen LogP) is 1.05. The number of carbonyl (C=O) groups excluding carboxylic acids is 1. The van der Waals surface area contributed by atoms with E-state index in [-0.39, 0.29) is 31.8 Å². The molecule has 1 heterocycles. The first-order chi connectivity index (χ1) is 9.66. The highest BCUT2D eigenvalue weighted by Gasteiger charge is 2.32. The summed E-state index contributed by atoms with van der Waals surface area (Å²) in [5.41, 5.74) is 0. The number of nitrogens with zero attached hydrogens (tertiary/aromatic N) is 1. The SMILES string of the molecule is O=C(O)COCCNC(=O)N(Cc1ccco1)C1CC1. The fourth-order valence-corrected chi connectivity index (χ4v) is 1.81. The van der Waals surface area contributed by atoms with Crippen LogP contribution in [0.3, 0.4) is 0 Å². The van der Waals surface area contributed by atoms with Crippen molar-refractivity contribution in [3.05, 3.63) is 24.2 Å². The van der Waals surface area contributed by atoms with Crippen LogP contribution in [0, 0.1) is 0 Å². The average molecular weight is 282 g/mol. The molecule has 1 aliphatic rings. The fraction of sp³-hybridized carbons (Fsp3) is 0.538. The Hall–Kier alpha value is -2.02. The Morgan fingerprint density at radius 2 is 2.30 bits per heavy atom. The molecule has 1 aromatic rings. The number of rotatable bonds is 8. The van der Waals surface area contributed by atoms with E-state index in [2.05, 4.69) is 5.32 Å². The van der Waals surface area contributed by atoms with Gasteiger partial charge in [-0.25, -0.2) is 9.59 Å². The summed E-state index contributed by atoms with van der Waals surface area (Å²) in [7, 11) is 0. The quantitative estimate of drug-likeness (QED) is 0.695. The summed E-state index contributed by atoms with van der Waals surface area (Å²) in [4.78, 5) is 24.0. The average Bonchev–Trinajstić information content (AvgIpc) is 3.12. The van der Waals surface area contributed by atoms with E-state index >= 15 is 0 Å². The number of urea groups is 1. The highest BCUT2D eigenvalue weighted by atomic mass is 16.5. The van der Waals surface area contributed by atoms with Gasteiger partial charge in [-0.05, 0) is 25.0 Å². The maximum Gasteiger partial charge on any atom is 0.329 e. The second kappa shape index (κ2) is 6.95. The summed E-state index contributed by atoms with van der Waals surface area (Å²) in [6.45, 7) is 0.554. The molecule has 0 unspecified atom stereocenters. The molecule has 7 nitrogen and oxygen atoms in total. The van der Waals surface area contributed by atoms with Gasteiger partial charge in [-0.3, -0.25) is 0 Å². The van der Waals surface area contributed by atoms with Crippen LogP contribution in [-0.2, 0) is 16.1 Å². The lowest BCUT2D eigenvalue weighted by Gasteiger charge is -2.21. The van der Waals surface area contributed by atoms with E-state index in [0.717, 1.165) is 18.6 Å². The molecule has 1 aliphatic carbocycles. The normalized spacial score (nSPS) is 14.0. The molecule has 0 aliphatic heterocycles. The van der Waals surface area contributed by atoms with Crippen LogP contribution >= 0.6 is 0 Å². The molecule has 2 amide bonds. The smallest absolute Gasteiger partial charge is 0.329 e. The van der Waals surface area contributed by atoms with Crippen molar-refractivity contribution in [2.24, 2.45) is 0 Å². The second-order valence-corrected chi connectivity index (χ2v) is 4.62. The summed E-state index contributed by atoms with van der Waals surface area (Å²) in [6.07, 6.45) is 3.59. The molecule has 0 spiro atoms. The predicted molar refractivity (Wildman–Crippen MR) is 69.1 cm³/mol. The third-order valence-corrected chi connectivity index (χ3v) is 2.90. The van der Waals surface area contributed by atoms with Crippen LogP contribution < -0.4 is 5.32 Å². The van der Waals surface area contributed by atoms with Crippen molar-refractivity contribution in [3.63, 3.8) is 0 Å². The zero-order chi connectivity index (χ0) is 14.4. The van der Waals surface area contributed by atoms with E-state index in [9.17, 15) is 9.59 Å². The molecule has 1 saturated carbocycles. The number of carboxylic acid groups (broad SMARTS) is 1. The van der Waals surface area contributed by atoms with Crippen molar-refractivity contribution in [2.75, 3.05) is 19.8 Å². The van der Waals surface area contributed by atoms with Crippen molar-refractivity contribution in [3.8, 4) is 0 Å². The lowest BCUT2D eigenvalue weighted by atomic mass is 10.4.